The van der Waals surface area contributed by atoms with E-state index in [1.165, 1.54) is 0 Å². The van der Waals surface area contributed by atoms with Crippen molar-refractivity contribution in [3.8, 4) is 0 Å². The highest BCUT2D eigenvalue weighted by molar-refractivity contribution is 7.91. The van der Waals surface area contributed by atoms with Crippen LogP contribution < -0.4 is 0 Å². The van der Waals surface area contributed by atoms with Crippen LogP contribution in [0.1, 0.15) is 32.1 Å². The Kier molecular flexibility index (Phi) is 3.96. The molecule has 0 aromatic heterocycles. The Morgan fingerprint density at radius 3 is 2.44 bits per heavy atom. The number of aliphatic hydroxyl groups excluding tert-OH is 1. The van der Waals surface area contributed by atoms with Gasteiger partial charge in [0.05, 0.1) is 29.6 Å². The lowest BCUT2D eigenvalue weighted by Crippen LogP contribution is -2.48. The molecular weight excluding hydrogens is 254 g/mol. The maximum absolute atomic E-state index is 12.2. The van der Waals surface area contributed by atoms with Gasteiger partial charge in [0.2, 0.25) is 5.91 Å². The number of hydrogen-bond acceptors (Lipinski definition) is 4. The van der Waals surface area contributed by atoms with Gasteiger partial charge in [-0.1, -0.05) is 12.8 Å². The second-order valence-electron chi connectivity index (χ2n) is 5.47. The minimum absolute atomic E-state index is 0.0288. The van der Waals surface area contributed by atoms with Crippen LogP contribution >= 0.6 is 0 Å². The molecular formula is C12H21NO4S. The van der Waals surface area contributed by atoms with Crippen LogP contribution in [0.5, 0.6) is 0 Å². The highest BCUT2D eigenvalue weighted by Gasteiger charge is 2.38. The van der Waals surface area contributed by atoms with Crippen LogP contribution in [0.2, 0.25) is 0 Å². The molecule has 1 saturated heterocycles. The summed E-state index contributed by atoms with van der Waals surface area (Å²) in [6.45, 7) is 0. The van der Waals surface area contributed by atoms with Crippen molar-refractivity contribution < 1.29 is 18.3 Å². The molecule has 0 aromatic rings. The summed E-state index contributed by atoms with van der Waals surface area (Å²) in [4.78, 5) is 13.8. The standard InChI is InChI=1S/C12H21NO4S/c1-13(10-4-2-3-5-11(10)14)12(15)9-6-7-18(16,17)8-9/h9-11,14H,2-8H2,1H3. The van der Waals surface area contributed by atoms with Crippen molar-refractivity contribution >= 4 is 15.7 Å². The molecule has 2 rings (SSSR count). The second kappa shape index (κ2) is 5.17. The maximum atomic E-state index is 12.2. The fraction of sp³-hybridized carbons (Fsp3) is 0.917. The highest BCUT2D eigenvalue weighted by atomic mass is 32.2. The molecule has 18 heavy (non-hydrogen) atoms. The van der Waals surface area contributed by atoms with E-state index < -0.39 is 21.9 Å². The number of aliphatic hydroxyl groups is 1. The molecule has 1 aliphatic heterocycles. The van der Waals surface area contributed by atoms with Gasteiger partial charge in [0.25, 0.3) is 0 Å². The molecule has 1 heterocycles. The monoisotopic (exact) mass is 275 g/mol. The van der Waals surface area contributed by atoms with Gasteiger partial charge >= 0.3 is 0 Å². The molecule has 2 aliphatic rings. The zero-order chi connectivity index (χ0) is 13.3. The zero-order valence-corrected chi connectivity index (χ0v) is 11.5. The Hall–Kier alpha value is -0.620. The molecule has 1 N–H and O–H groups in total. The lowest BCUT2D eigenvalue weighted by atomic mass is 9.91. The lowest BCUT2D eigenvalue weighted by molar-refractivity contribution is -0.138. The Morgan fingerprint density at radius 2 is 1.89 bits per heavy atom. The average Bonchev–Trinajstić information content (AvgIpc) is 2.68. The van der Waals surface area contributed by atoms with E-state index in [9.17, 15) is 18.3 Å². The van der Waals surface area contributed by atoms with Gasteiger partial charge in [0, 0.05) is 7.05 Å². The zero-order valence-electron chi connectivity index (χ0n) is 10.7. The molecule has 1 saturated carbocycles. The predicted molar refractivity (Wildman–Crippen MR) is 67.8 cm³/mol. The first-order chi connectivity index (χ1) is 8.41. The fourth-order valence-electron chi connectivity index (χ4n) is 2.98. The minimum Gasteiger partial charge on any atom is -0.391 e. The van der Waals surface area contributed by atoms with E-state index in [1.807, 2.05) is 0 Å². The van der Waals surface area contributed by atoms with Crippen molar-refractivity contribution in [2.45, 2.75) is 44.2 Å². The molecule has 3 atom stereocenters. The van der Waals surface area contributed by atoms with Gasteiger partial charge in [0.15, 0.2) is 9.84 Å². The average molecular weight is 275 g/mol. The summed E-state index contributed by atoms with van der Waals surface area (Å²) in [6.07, 6.45) is 3.51. The summed E-state index contributed by atoms with van der Waals surface area (Å²) in [7, 11) is -1.34. The van der Waals surface area contributed by atoms with Crippen molar-refractivity contribution in [1.82, 2.24) is 4.90 Å². The number of amides is 1. The first kappa shape index (κ1) is 13.8. The van der Waals surface area contributed by atoms with E-state index in [2.05, 4.69) is 0 Å². The smallest absolute Gasteiger partial charge is 0.226 e. The summed E-state index contributed by atoms with van der Waals surface area (Å²) in [5.41, 5.74) is 0. The van der Waals surface area contributed by atoms with E-state index in [0.29, 0.717) is 6.42 Å². The first-order valence-corrected chi connectivity index (χ1v) is 8.38. The molecule has 0 spiro atoms. The van der Waals surface area contributed by atoms with E-state index in [-0.39, 0.29) is 23.5 Å². The maximum Gasteiger partial charge on any atom is 0.226 e. The Morgan fingerprint density at radius 1 is 1.22 bits per heavy atom. The summed E-state index contributed by atoms with van der Waals surface area (Å²) in [5, 5.41) is 9.92. The predicted octanol–water partition coefficient (Wildman–Crippen LogP) is 0.183. The van der Waals surface area contributed by atoms with Gasteiger partial charge in [-0.2, -0.15) is 0 Å². The summed E-state index contributed by atoms with van der Waals surface area (Å²) < 4.78 is 22.8. The van der Waals surface area contributed by atoms with Crippen molar-refractivity contribution in [3.05, 3.63) is 0 Å². The van der Waals surface area contributed by atoms with Gasteiger partial charge in [-0.25, -0.2) is 8.42 Å². The Balaban J connectivity index is 2.00. The number of carbonyl (C=O) groups is 1. The van der Waals surface area contributed by atoms with Crippen LogP contribution in [0.15, 0.2) is 0 Å². The summed E-state index contributed by atoms with van der Waals surface area (Å²) in [5.74, 6) is -0.445. The van der Waals surface area contributed by atoms with Gasteiger partial charge < -0.3 is 10.0 Å². The number of sulfone groups is 1. The minimum atomic E-state index is -3.03. The van der Waals surface area contributed by atoms with Crippen molar-refractivity contribution in [3.63, 3.8) is 0 Å². The van der Waals surface area contributed by atoms with Gasteiger partial charge in [0.1, 0.15) is 0 Å². The van der Waals surface area contributed by atoms with Gasteiger partial charge in [-0.05, 0) is 19.3 Å². The van der Waals surface area contributed by atoms with Crippen molar-refractivity contribution in [2.75, 3.05) is 18.6 Å². The number of likely N-dealkylation sites (N-methyl/N-ethyl adjacent to an activating group) is 1. The van der Waals surface area contributed by atoms with Crippen LogP contribution in [-0.2, 0) is 14.6 Å². The topological polar surface area (TPSA) is 74.7 Å². The molecule has 1 amide bonds. The van der Waals surface area contributed by atoms with E-state index >= 15 is 0 Å². The van der Waals surface area contributed by atoms with Gasteiger partial charge in [-0.15, -0.1) is 0 Å². The number of nitrogens with zero attached hydrogens (tertiary/aromatic N) is 1. The highest BCUT2D eigenvalue weighted by Crippen LogP contribution is 2.26. The molecule has 2 fully saturated rings. The van der Waals surface area contributed by atoms with E-state index in [0.717, 1.165) is 25.7 Å². The fourth-order valence-corrected chi connectivity index (χ4v) is 4.72. The summed E-state index contributed by atoms with van der Waals surface area (Å²) >= 11 is 0. The molecule has 104 valence electrons. The number of carbonyl (C=O) groups excluding carboxylic acids is 1. The van der Waals surface area contributed by atoms with Crippen LogP contribution in [-0.4, -0.2) is 55.0 Å². The van der Waals surface area contributed by atoms with Crippen LogP contribution in [0, 0.1) is 5.92 Å². The van der Waals surface area contributed by atoms with E-state index in [1.54, 1.807) is 11.9 Å². The van der Waals surface area contributed by atoms with Crippen LogP contribution in [0.3, 0.4) is 0 Å². The molecule has 5 nitrogen and oxygen atoms in total. The third-order valence-electron chi connectivity index (χ3n) is 4.12. The first-order valence-electron chi connectivity index (χ1n) is 6.56. The largest absolute Gasteiger partial charge is 0.391 e. The Labute approximate surface area is 108 Å². The molecule has 0 bridgehead atoms. The normalized spacial score (nSPS) is 35.3. The molecule has 6 heteroatoms. The summed E-state index contributed by atoms with van der Waals surface area (Å²) in [6, 6.07) is -0.144. The molecule has 1 aliphatic carbocycles. The molecule has 0 aromatic carbocycles. The van der Waals surface area contributed by atoms with Crippen molar-refractivity contribution in [2.24, 2.45) is 5.92 Å². The van der Waals surface area contributed by atoms with Crippen LogP contribution in [0.4, 0.5) is 0 Å². The molecule has 3 unspecified atom stereocenters. The quantitative estimate of drug-likeness (QED) is 0.780. The van der Waals surface area contributed by atoms with Crippen LogP contribution in [0.25, 0.3) is 0 Å². The second-order valence-corrected chi connectivity index (χ2v) is 7.70. The lowest BCUT2D eigenvalue weighted by Gasteiger charge is -2.36. The Bertz CT molecular complexity index is 420. The molecule has 0 radical (unpaired) electrons. The number of hydrogen-bond donors (Lipinski definition) is 1. The third kappa shape index (κ3) is 2.85. The SMILES string of the molecule is CN(C(=O)C1CCS(=O)(=O)C1)C1CCCCC1O. The van der Waals surface area contributed by atoms with Gasteiger partial charge in [-0.3, -0.25) is 4.79 Å². The number of rotatable bonds is 2. The van der Waals surface area contributed by atoms with Crippen molar-refractivity contribution in [1.29, 1.82) is 0 Å². The third-order valence-corrected chi connectivity index (χ3v) is 5.89. The van der Waals surface area contributed by atoms with E-state index in [4.69, 9.17) is 0 Å².